The standard InChI is InChI=1S/C20H25FN2O3S/c1-15-4-5-16(2)20(12-15)27(24,25)23-10-8-22(9-11-23)14-17-13-18(21)6-7-19(17)26-3/h4-7,12-13H,8-11,14H2,1-3H3/p+1. The predicted octanol–water partition coefficient (Wildman–Crippen LogP) is 1.54. The van der Waals surface area contributed by atoms with Crippen LogP contribution in [0.5, 0.6) is 5.75 Å². The number of hydrogen-bond donors (Lipinski definition) is 1. The van der Waals surface area contributed by atoms with E-state index < -0.39 is 10.0 Å². The summed E-state index contributed by atoms with van der Waals surface area (Å²) in [5.74, 6) is 0.371. The summed E-state index contributed by atoms with van der Waals surface area (Å²) in [6, 6.07) is 10.0. The number of ether oxygens (including phenoxy) is 1. The third-order valence-corrected chi connectivity index (χ3v) is 7.11. The normalized spacial score (nSPS) is 16.4. The van der Waals surface area contributed by atoms with Gasteiger partial charge in [-0.25, -0.2) is 12.8 Å². The van der Waals surface area contributed by atoms with Crippen LogP contribution in [0.4, 0.5) is 4.39 Å². The number of nitrogens with one attached hydrogen (secondary N) is 1. The van der Waals surface area contributed by atoms with Gasteiger partial charge in [-0.3, -0.25) is 0 Å². The van der Waals surface area contributed by atoms with Crippen LogP contribution in [0.1, 0.15) is 16.7 Å². The van der Waals surface area contributed by atoms with E-state index in [1.165, 1.54) is 17.0 Å². The van der Waals surface area contributed by atoms with Crippen molar-refractivity contribution in [2.45, 2.75) is 25.3 Å². The maximum Gasteiger partial charge on any atom is 0.243 e. The Morgan fingerprint density at radius 3 is 2.48 bits per heavy atom. The van der Waals surface area contributed by atoms with Crippen LogP contribution in [-0.2, 0) is 16.6 Å². The fraction of sp³-hybridized carbons (Fsp3) is 0.400. The van der Waals surface area contributed by atoms with E-state index in [1.54, 1.807) is 23.5 Å². The summed E-state index contributed by atoms with van der Waals surface area (Å²) in [7, 11) is -1.93. The highest BCUT2D eigenvalue weighted by atomic mass is 32.2. The second-order valence-electron chi connectivity index (χ2n) is 7.06. The fourth-order valence-corrected chi connectivity index (χ4v) is 5.25. The molecule has 0 aliphatic carbocycles. The molecule has 5 nitrogen and oxygen atoms in total. The van der Waals surface area contributed by atoms with Crippen LogP contribution in [0.25, 0.3) is 0 Å². The van der Waals surface area contributed by atoms with Crippen molar-refractivity contribution >= 4 is 10.0 Å². The quantitative estimate of drug-likeness (QED) is 0.839. The zero-order valence-electron chi connectivity index (χ0n) is 16.0. The molecule has 1 aliphatic heterocycles. The maximum absolute atomic E-state index is 13.6. The minimum atomic E-state index is -3.50. The number of sulfonamides is 1. The Balaban J connectivity index is 1.70. The number of benzene rings is 2. The van der Waals surface area contributed by atoms with Crippen LogP contribution in [0.2, 0.25) is 0 Å². The molecule has 0 radical (unpaired) electrons. The summed E-state index contributed by atoms with van der Waals surface area (Å²) in [4.78, 5) is 1.60. The number of rotatable bonds is 5. The van der Waals surface area contributed by atoms with Gasteiger partial charge in [0.05, 0.1) is 43.7 Å². The van der Waals surface area contributed by atoms with Crippen molar-refractivity contribution in [3.05, 3.63) is 58.9 Å². The molecule has 0 aromatic heterocycles. The first-order valence-electron chi connectivity index (χ1n) is 9.04. The number of quaternary nitrogens is 1. The molecule has 0 saturated carbocycles. The molecule has 1 fully saturated rings. The second kappa shape index (κ2) is 7.96. The molecule has 0 atom stereocenters. The molecule has 7 heteroatoms. The molecule has 146 valence electrons. The second-order valence-corrected chi connectivity index (χ2v) is 8.96. The Labute approximate surface area is 160 Å². The van der Waals surface area contributed by atoms with Crippen LogP contribution in [0.15, 0.2) is 41.3 Å². The number of nitrogens with zero attached hydrogens (tertiary/aromatic N) is 1. The topological polar surface area (TPSA) is 51.1 Å². The number of methoxy groups -OCH3 is 1. The Hall–Kier alpha value is -1.96. The fourth-order valence-electron chi connectivity index (χ4n) is 3.50. The largest absolute Gasteiger partial charge is 0.496 e. The lowest BCUT2D eigenvalue weighted by atomic mass is 10.1. The van der Waals surface area contributed by atoms with Gasteiger partial charge in [0.1, 0.15) is 18.1 Å². The maximum atomic E-state index is 13.6. The summed E-state index contributed by atoms with van der Waals surface area (Å²) >= 11 is 0. The minimum absolute atomic E-state index is 0.290. The van der Waals surface area contributed by atoms with Crippen LogP contribution in [0.3, 0.4) is 0 Å². The number of piperazine rings is 1. The van der Waals surface area contributed by atoms with Gasteiger partial charge in [0, 0.05) is 0 Å². The molecule has 0 amide bonds. The van der Waals surface area contributed by atoms with Crippen molar-refractivity contribution in [2.24, 2.45) is 0 Å². The molecule has 2 aromatic rings. The van der Waals surface area contributed by atoms with E-state index in [9.17, 15) is 12.8 Å². The number of aryl methyl sites for hydroxylation is 2. The van der Waals surface area contributed by atoms with Crippen LogP contribution >= 0.6 is 0 Å². The summed E-state index contributed by atoms with van der Waals surface area (Å²) in [5.41, 5.74) is 2.50. The van der Waals surface area contributed by atoms with Crippen LogP contribution < -0.4 is 9.64 Å². The lowest BCUT2D eigenvalue weighted by molar-refractivity contribution is -0.917. The molecule has 3 rings (SSSR count). The van der Waals surface area contributed by atoms with Gasteiger partial charge in [-0.1, -0.05) is 12.1 Å². The molecule has 1 aliphatic rings. The lowest BCUT2D eigenvalue weighted by Crippen LogP contribution is -3.13. The zero-order chi connectivity index (χ0) is 19.6. The lowest BCUT2D eigenvalue weighted by Gasteiger charge is -2.32. The highest BCUT2D eigenvalue weighted by Crippen LogP contribution is 2.22. The van der Waals surface area contributed by atoms with E-state index in [4.69, 9.17) is 4.74 Å². The van der Waals surface area contributed by atoms with Gasteiger partial charge in [-0.2, -0.15) is 4.31 Å². The van der Waals surface area contributed by atoms with E-state index in [0.717, 1.165) is 16.7 Å². The highest BCUT2D eigenvalue weighted by Gasteiger charge is 2.31. The monoisotopic (exact) mass is 393 g/mol. The van der Waals surface area contributed by atoms with Gasteiger partial charge < -0.3 is 9.64 Å². The molecule has 27 heavy (non-hydrogen) atoms. The van der Waals surface area contributed by atoms with Gasteiger partial charge in [0.25, 0.3) is 0 Å². The minimum Gasteiger partial charge on any atom is -0.496 e. The summed E-state index contributed by atoms with van der Waals surface area (Å²) < 4.78 is 46.5. The molecule has 0 bridgehead atoms. The van der Waals surface area contributed by atoms with Crippen molar-refractivity contribution < 1.29 is 22.4 Å². The van der Waals surface area contributed by atoms with Crippen LogP contribution in [0, 0.1) is 19.7 Å². The third-order valence-electron chi connectivity index (χ3n) is 5.07. The molecule has 1 heterocycles. The predicted molar refractivity (Wildman–Crippen MR) is 102 cm³/mol. The molecule has 2 aromatic carbocycles. The van der Waals surface area contributed by atoms with E-state index in [1.807, 2.05) is 26.0 Å². The first-order chi connectivity index (χ1) is 12.8. The number of halogens is 1. The van der Waals surface area contributed by atoms with Crippen molar-refractivity contribution in [3.8, 4) is 5.75 Å². The molecular weight excluding hydrogens is 367 g/mol. The third kappa shape index (κ3) is 4.31. The average Bonchev–Trinajstić information content (AvgIpc) is 2.64. The first kappa shape index (κ1) is 19.8. The molecule has 1 N–H and O–H groups in total. The summed E-state index contributed by atoms with van der Waals surface area (Å²) in [6.45, 7) is 6.56. The number of hydrogen-bond acceptors (Lipinski definition) is 3. The summed E-state index contributed by atoms with van der Waals surface area (Å²) in [5, 5.41) is 0. The van der Waals surface area contributed by atoms with Gasteiger partial charge in [0.2, 0.25) is 10.0 Å². The van der Waals surface area contributed by atoms with Crippen molar-refractivity contribution in [3.63, 3.8) is 0 Å². The summed E-state index contributed by atoms with van der Waals surface area (Å²) in [6.07, 6.45) is 0. The Kier molecular flexibility index (Phi) is 5.83. The molecule has 0 spiro atoms. The highest BCUT2D eigenvalue weighted by molar-refractivity contribution is 7.89. The molecular formula is C20H26FN2O3S+. The van der Waals surface area contributed by atoms with Gasteiger partial charge in [0.15, 0.2) is 0 Å². The Bertz CT molecular complexity index is 923. The van der Waals surface area contributed by atoms with E-state index >= 15 is 0 Å². The molecule has 0 unspecified atom stereocenters. The average molecular weight is 394 g/mol. The van der Waals surface area contributed by atoms with Crippen molar-refractivity contribution in [1.82, 2.24) is 4.31 Å². The Morgan fingerprint density at radius 1 is 1.11 bits per heavy atom. The van der Waals surface area contributed by atoms with Crippen molar-refractivity contribution in [1.29, 1.82) is 0 Å². The van der Waals surface area contributed by atoms with Gasteiger partial charge in [-0.15, -0.1) is 0 Å². The van der Waals surface area contributed by atoms with E-state index in [0.29, 0.717) is 43.4 Å². The SMILES string of the molecule is COc1ccc(F)cc1C[NH+]1CCN(S(=O)(=O)c2cc(C)ccc2C)CC1. The van der Waals surface area contributed by atoms with Crippen molar-refractivity contribution in [2.75, 3.05) is 33.3 Å². The van der Waals surface area contributed by atoms with E-state index in [2.05, 4.69) is 0 Å². The van der Waals surface area contributed by atoms with Gasteiger partial charge in [-0.05, 0) is 49.2 Å². The van der Waals surface area contributed by atoms with E-state index in [-0.39, 0.29) is 5.82 Å². The molecule has 1 saturated heterocycles. The van der Waals surface area contributed by atoms with Crippen LogP contribution in [-0.4, -0.2) is 46.0 Å². The Morgan fingerprint density at radius 2 is 1.81 bits per heavy atom. The first-order valence-corrected chi connectivity index (χ1v) is 10.5. The van der Waals surface area contributed by atoms with Gasteiger partial charge >= 0.3 is 0 Å². The smallest absolute Gasteiger partial charge is 0.243 e. The zero-order valence-corrected chi connectivity index (χ0v) is 16.8.